The molecule has 0 spiro atoms. The third-order valence-electron chi connectivity index (χ3n) is 11.6. The Hall–Kier alpha value is -7.09. The predicted molar refractivity (Wildman–Crippen MR) is 223 cm³/mol. The van der Waals surface area contributed by atoms with E-state index in [0.29, 0.717) is 5.69 Å². The van der Waals surface area contributed by atoms with Gasteiger partial charge in [0.05, 0.1) is 23.3 Å². The van der Waals surface area contributed by atoms with Crippen molar-refractivity contribution in [3.63, 3.8) is 0 Å². The summed E-state index contributed by atoms with van der Waals surface area (Å²) in [5.41, 5.74) is 16.0. The van der Waals surface area contributed by atoms with Crippen molar-refractivity contribution in [1.82, 2.24) is 14.4 Å². The monoisotopic (exact) mass is 688 g/mol. The van der Waals surface area contributed by atoms with Crippen molar-refractivity contribution >= 4 is 54.8 Å². The first-order valence-corrected chi connectivity index (χ1v) is 18.4. The summed E-state index contributed by atoms with van der Waals surface area (Å²) < 4.78 is 2.16. The molecular formula is C50H32N4. The Bertz CT molecular complexity index is 3200. The summed E-state index contributed by atoms with van der Waals surface area (Å²) in [5, 5.41) is 5.87. The van der Waals surface area contributed by atoms with Gasteiger partial charge < -0.3 is 0 Å². The van der Waals surface area contributed by atoms with Crippen LogP contribution in [0.3, 0.4) is 0 Å². The van der Waals surface area contributed by atoms with Crippen LogP contribution in [0.4, 0.5) is 5.69 Å². The Kier molecular flexibility index (Phi) is 6.33. The van der Waals surface area contributed by atoms with Gasteiger partial charge in [-0.3, -0.25) is 4.40 Å². The molecule has 7 aromatic carbocycles. The minimum atomic E-state index is -0.226. The maximum Gasteiger partial charge on any atom is 0.187 e. The molecule has 0 atom stereocenters. The second-order valence-corrected chi connectivity index (χ2v) is 14.9. The molecule has 4 heteroatoms. The quantitative estimate of drug-likeness (QED) is 0.137. The Morgan fingerprint density at radius 1 is 0.537 bits per heavy atom. The lowest BCUT2D eigenvalue weighted by atomic mass is 9.80. The summed E-state index contributed by atoms with van der Waals surface area (Å²) in [7, 11) is 0. The fourth-order valence-electron chi connectivity index (χ4n) is 9.06. The molecule has 10 aromatic rings. The second-order valence-electron chi connectivity index (χ2n) is 14.9. The first-order chi connectivity index (χ1) is 26.5. The Balaban J connectivity index is 1.16. The molecule has 54 heavy (non-hydrogen) atoms. The Labute approximate surface area is 312 Å². The molecule has 0 bridgehead atoms. The first kappa shape index (κ1) is 30.5. The summed E-state index contributed by atoms with van der Waals surface area (Å²) in [6.45, 7) is 12.2. The van der Waals surface area contributed by atoms with Crippen LogP contribution in [-0.4, -0.2) is 14.4 Å². The summed E-state index contributed by atoms with van der Waals surface area (Å²) in [5.74, 6) is 0. The Morgan fingerprint density at radius 2 is 1.13 bits per heavy atom. The fraction of sp³-hybridized carbons (Fsp3) is 0.0600. The third-order valence-corrected chi connectivity index (χ3v) is 11.6. The first-order valence-electron chi connectivity index (χ1n) is 18.4. The maximum atomic E-state index is 7.63. The van der Waals surface area contributed by atoms with Crippen LogP contribution in [0.5, 0.6) is 0 Å². The molecule has 1 aliphatic rings. The zero-order chi connectivity index (χ0) is 36.1. The number of aromatic nitrogens is 3. The van der Waals surface area contributed by atoms with Crippen molar-refractivity contribution in [2.45, 2.75) is 19.3 Å². The van der Waals surface area contributed by atoms with E-state index in [1.165, 1.54) is 60.5 Å². The lowest BCUT2D eigenvalue weighted by molar-refractivity contribution is 0.661. The van der Waals surface area contributed by atoms with E-state index >= 15 is 0 Å². The van der Waals surface area contributed by atoms with Crippen LogP contribution in [0.1, 0.15) is 25.0 Å². The average Bonchev–Trinajstić information content (AvgIpc) is 3.72. The van der Waals surface area contributed by atoms with Crippen molar-refractivity contribution in [1.29, 1.82) is 0 Å². The van der Waals surface area contributed by atoms with Crippen molar-refractivity contribution in [2.75, 3.05) is 0 Å². The molecule has 0 fully saturated rings. The number of hydrogen-bond acceptors (Lipinski definition) is 2. The van der Waals surface area contributed by atoms with Gasteiger partial charge in [-0.05, 0) is 96.4 Å². The molecule has 0 aliphatic heterocycles. The van der Waals surface area contributed by atoms with Crippen molar-refractivity contribution < 1.29 is 0 Å². The van der Waals surface area contributed by atoms with Crippen LogP contribution in [-0.2, 0) is 5.41 Å². The zero-order valence-corrected chi connectivity index (χ0v) is 29.8. The third kappa shape index (κ3) is 4.24. The predicted octanol–water partition coefficient (Wildman–Crippen LogP) is 13.2. The number of fused-ring (bicyclic) bond motifs is 10. The second kappa shape index (κ2) is 11.2. The molecule has 11 rings (SSSR count). The highest BCUT2D eigenvalue weighted by molar-refractivity contribution is 6.22. The van der Waals surface area contributed by atoms with E-state index in [-0.39, 0.29) is 5.41 Å². The molecule has 0 radical (unpaired) electrons. The molecule has 1 aliphatic carbocycles. The number of hydrogen-bond donors (Lipinski definition) is 0. The molecule has 4 nitrogen and oxygen atoms in total. The van der Waals surface area contributed by atoms with Gasteiger partial charge in [-0.1, -0.05) is 135 Å². The molecular weight excluding hydrogens is 657 g/mol. The van der Waals surface area contributed by atoms with E-state index in [1.807, 2.05) is 18.2 Å². The molecule has 0 N–H and O–H groups in total. The highest BCUT2D eigenvalue weighted by Crippen LogP contribution is 2.52. The van der Waals surface area contributed by atoms with Crippen LogP contribution in [0.2, 0.25) is 0 Å². The van der Waals surface area contributed by atoms with Crippen LogP contribution >= 0.6 is 0 Å². The minimum Gasteiger partial charge on any atom is -0.298 e. The largest absolute Gasteiger partial charge is 0.298 e. The van der Waals surface area contributed by atoms with Crippen molar-refractivity contribution in [3.05, 3.63) is 180 Å². The van der Waals surface area contributed by atoms with E-state index in [0.717, 1.165) is 44.4 Å². The van der Waals surface area contributed by atoms with E-state index < -0.39 is 0 Å². The van der Waals surface area contributed by atoms with Gasteiger partial charge in [0.1, 0.15) is 11.2 Å². The van der Waals surface area contributed by atoms with Crippen LogP contribution in [0.25, 0.3) is 98.6 Å². The summed E-state index contributed by atoms with van der Waals surface area (Å²) in [6, 6.07) is 54.0. The van der Waals surface area contributed by atoms with Gasteiger partial charge in [0.15, 0.2) is 5.69 Å². The van der Waals surface area contributed by atoms with Gasteiger partial charge in [0, 0.05) is 22.6 Å². The fourth-order valence-corrected chi connectivity index (χ4v) is 9.06. The molecule has 252 valence electrons. The smallest absolute Gasteiger partial charge is 0.187 e. The highest BCUT2D eigenvalue weighted by Gasteiger charge is 2.36. The van der Waals surface area contributed by atoms with Gasteiger partial charge in [-0.15, -0.1) is 0 Å². The zero-order valence-electron chi connectivity index (χ0n) is 29.8. The van der Waals surface area contributed by atoms with E-state index in [1.54, 1.807) is 0 Å². The van der Waals surface area contributed by atoms with Crippen molar-refractivity contribution in [3.8, 4) is 44.6 Å². The molecule has 0 unspecified atom stereocenters. The average molecular weight is 689 g/mol. The maximum absolute atomic E-state index is 7.63. The summed E-state index contributed by atoms with van der Waals surface area (Å²) in [4.78, 5) is 14.3. The Morgan fingerprint density at radius 3 is 1.81 bits per heavy atom. The molecule has 0 amide bonds. The van der Waals surface area contributed by atoms with Gasteiger partial charge in [0.2, 0.25) is 0 Å². The molecule has 0 saturated carbocycles. The topological polar surface area (TPSA) is 34.5 Å². The van der Waals surface area contributed by atoms with E-state index in [4.69, 9.17) is 16.5 Å². The van der Waals surface area contributed by atoms with E-state index in [2.05, 4.69) is 163 Å². The number of nitrogens with zero attached hydrogens (tertiary/aromatic N) is 4. The number of rotatable bonds is 3. The van der Waals surface area contributed by atoms with E-state index in [9.17, 15) is 0 Å². The van der Waals surface area contributed by atoms with Crippen LogP contribution < -0.4 is 0 Å². The lowest BCUT2D eigenvalue weighted by Gasteiger charge is -2.23. The minimum absolute atomic E-state index is 0.226. The SMILES string of the molecule is [C-]#[N+]c1ccc2c(c1)C(C)(C)c1cc(-c3c4ccccc4c(-c4ccc5nc(-c6ccccc6)c6c(nc7ccccn76)c5c4)c4ccccc34)ccc1-2. The lowest BCUT2D eigenvalue weighted by Crippen LogP contribution is -2.15. The van der Waals surface area contributed by atoms with Gasteiger partial charge >= 0.3 is 0 Å². The van der Waals surface area contributed by atoms with Gasteiger partial charge in [-0.2, -0.15) is 0 Å². The normalized spacial score (nSPS) is 13.1. The summed E-state index contributed by atoms with van der Waals surface area (Å²) in [6.07, 6.45) is 2.08. The standard InChI is InChI=1S/C50H32N4/c1-50(2)41-28-32(20-23-34(41)35-24-22-33(51-3)29-42(35)50)46-38-17-9-7-15-36(38)45(37-16-8-10-18-39(37)46)31-21-25-43-40(27-31)48-49(54-26-12-11-19-44(54)53-48)47(52-43)30-13-5-4-6-14-30/h4-29H,1-2H3. The number of imidazole rings is 1. The molecule has 3 aromatic heterocycles. The van der Waals surface area contributed by atoms with Crippen LogP contribution in [0, 0.1) is 6.57 Å². The van der Waals surface area contributed by atoms with Crippen LogP contribution in [0.15, 0.2) is 158 Å². The number of benzene rings is 7. The molecule has 0 saturated heterocycles. The highest BCUT2D eigenvalue weighted by atomic mass is 15.0. The van der Waals surface area contributed by atoms with Crippen molar-refractivity contribution in [2.24, 2.45) is 0 Å². The number of pyridine rings is 2. The molecule has 3 heterocycles. The van der Waals surface area contributed by atoms with Gasteiger partial charge in [0.25, 0.3) is 0 Å². The van der Waals surface area contributed by atoms with Gasteiger partial charge in [-0.25, -0.2) is 14.8 Å². The summed E-state index contributed by atoms with van der Waals surface area (Å²) >= 11 is 0.